The number of hydrogen-bond donors (Lipinski definition) is 0. The summed E-state index contributed by atoms with van der Waals surface area (Å²) in [6.45, 7) is 9.15. The van der Waals surface area contributed by atoms with Gasteiger partial charge in [0.2, 0.25) is 0 Å². The Kier molecular flexibility index (Phi) is 6.86. The molecule has 0 atom stereocenters. The predicted molar refractivity (Wildman–Crippen MR) is 104 cm³/mol. The Morgan fingerprint density at radius 1 is 1.04 bits per heavy atom. The van der Waals surface area contributed by atoms with Crippen LogP contribution in [0.5, 0.6) is 17.2 Å². The zero-order valence-electron chi connectivity index (χ0n) is 16.0. The lowest BCUT2D eigenvalue weighted by Gasteiger charge is -2.19. The van der Waals surface area contributed by atoms with E-state index in [9.17, 15) is 9.59 Å². The van der Waals surface area contributed by atoms with E-state index in [4.69, 9.17) is 25.8 Å². The van der Waals surface area contributed by atoms with Crippen molar-refractivity contribution < 1.29 is 23.8 Å². The Morgan fingerprint density at radius 2 is 1.74 bits per heavy atom. The summed E-state index contributed by atoms with van der Waals surface area (Å²) in [7, 11) is 0. The minimum Gasteiger partial charge on any atom is -0.487 e. The van der Waals surface area contributed by atoms with Crippen LogP contribution in [-0.2, 0) is 4.74 Å². The maximum Gasteiger partial charge on any atom is 0.338 e. The fourth-order valence-electron chi connectivity index (χ4n) is 2.40. The van der Waals surface area contributed by atoms with Crippen LogP contribution in [0.25, 0.3) is 0 Å². The van der Waals surface area contributed by atoms with Gasteiger partial charge in [-0.1, -0.05) is 11.6 Å². The average molecular weight is 391 g/mol. The Hall–Kier alpha value is -2.53. The van der Waals surface area contributed by atoms with Gasteiger partial charge in [0.25, 0.3) is 0 Å². The standard InChI is InChI=1S/C21H23ClO5/c1-12(2)25-19-10-16(21(24)26-13(3)4)8-14(5)20(19)27-18-7-6-15(11-23)9-17(18)22/h6-13H,1-5H3. The van der Waals surface area contributed by atoms with Crippen LogP contribution < -0.4 is 9.47 Å². The number of aryl methyl sites for hydroxylation is 1. The molecular formula is C21H23ClO5. The van der Waals surface area contributed by atoms with Crippen molar-refractivity contribution in [1.29, 1.82) is 0 Å². The summed E-state index contributed by atoms with van der Waals surface area (Å²) in [4.78, 5) is 23.1. The highest BCUT2D eigenvalue weighted by atomic mass is 35.5. The predicted octanol–water partition coefficient (Wildman–Crippen LogP) is 5.61. The van der Waals surface area contributed by atoms with Gasteiger partial charge in [0.05, 0.1) is 22.8 Å². The average Bonchev–Trinajstić information content (AvgIpc) is 2.57. The van der Waals surface area contributed by atoms with Crippen LogP contribution >= 0.6 is 11.6 Å². The summed E-state index contributed by atoms with van der Waals surface area (Å²) >= 11 is 6.21. The molecule has 2 aromatic carbocycles. The Bertz CT molecular complexity index is 843. The second-order valence-electron chi connectivity index (χ2n) is 6.65. The molecular weight excluding hydrogens is 368 g/mol. The van der Waals surface area contributed by atoms with Gasteiger partial charge in [-0.25, -0.2) is 4.79 Å². The maximum atomic E-state index is 12.3. The highest BCUT2D eigenvalue weighted by Crippen LogP contribution is 2.39. The number of carbonyl (C=O) groups is 2. The molecule has 0 aliphatic rings. The molecule has 0 radical (unpaired) electrons. The molecule has 0 fully saturated rings. The van der Waals surface area contributed by atoms with Gasteiger partial charge in [0.15, 0.2) is 11.5 Å². The van der Waals surface area contributed by atoms with Crippen molar-refractivity contribution >= 4 is 23.9 Å². The van der Waals surface area contributed by atoms with Gasteiger partial charge in [-0.05, 0) is 70.5 Å². The first-order valence-electron chi connectivity index (χ1n) is 8.66. The molecule has 144 valence electrons. The quantitative estimate of drug-likeness (QED) is 0.454. The highest BCUT2D eigenvalue weighted by Gasteiger charge is 2.19. The van der Waals surface area contributed by atoms with Gasteiger partial charge in [-0.2, -0.15) is 0 Å². The van der Waals surface area contributed by atoms with Crippen LogP contribution in [0.3, 0.4) is 0 Å². The van der Waals surface area contributed by atoms with E-state index in [0.29, 0.717) is 45.2 Å². The van der Waals surface area contributed by atoms with E-state index in [0.717, 1.165) is 0 Å². The van der Waals surface area contributed by atoms with E-state index in [1.807, 2.05) is 20.8 Å². The van der Waals surface area contributed by atoms with Gasteiger partial charge in [-0.3, -0.25) is 4.79 Å². The van der Waals surface area contributed by atoms with Crippen LogP contribution in [0.15, 0.2) is 30.3 Å². The van der Waals surface area contributed by atoms with Crippen LogP contribution in [0.4, 0.5) is 0 Å². The lowest BCUT2D eigenvalue weighted by atomic mass is 10.1. The third-order valence-corrected chi connectivity index (χ3v) is 3.78. The molecule has 0 aromatic heterocycles. The topological polar surface area (TPSA) is 61.8 Å². The molecule has 27 heavy (non-hydrogen) atoms. The zero-order valence-corrected chi connectivity index (χ0v) is 16.8. The molecule has 0 saturated carbocycles. The van der Waals surface area contributed by atoms with Crippen LogP contribution in [0, 0.1) is 6.92 Å². The van der Waals surface area contributed by atoms with Crippen molar-refractivity contribution in [1.82, 2.24) is 0 Å². The third-order valence-electron chi connectivity index (χ3n) is 3.49. The number of halogens is 1. The smallest absolute Gasteiger partial charge is 0.338 e. The zero-order chi connectivity index (χ0) is 20.1. The van der Waals surface area contributed by atoms with E-state index >= 15 is 0 Å². The number of esters is 1. The second kappa shape index (κ2) is 8.91. The number of carbonyl (C=O) groups excluding carboxylic acids is 2. The number of hydrogen-bond acceptors (Lipinski definition) is 5. The minimum atomic E-state index is -0.429. The van der Waals surface area contributed by atoms with Crippen molar-refractivity contribution in [2.45, 2.75) is 46.8 Å². The fourth-order valence-corrected chi connectivity index (χ4v) is 2.62. The van der Waals surface area contributed by atoms with Crippen LogP contribution in [0.1, 0.15) is 54.0 Å². The second-order valence-corrected chi connectivity index (χ2v) is 7.06. The lowest BCUT2D eigenvalue weighted by Crippen LogP contribution is -2.13. The van der Waals surface area contributed by atoms with E-state index in [1.165, 1.54) is 6.07 Å². The fraction of sp³-hybridized carbons (Fsp3) is 0.333. The van der Waals surface area contributed by atoms with Gasteiger partial charge < -0.3 is 14.2 Å². The van der Waals surface area contributed by atoms with Gasteiger partial charge in [-0.15, -0.1) is 0 Å². The van der Waals surface area contributed by atoms with Crippen LogP contribution in [0.2, 0.25) is 5.02 Å². The highest BCUT2D eigenvalue weighted by molar-refractivity contribution is 6.32. The number of ether oxygens (including phenoxy) is 3. The van der Waals surface area contributed by atoms with E-state index < -0.39 is 5.97 Å². The van der Waals surface area contributed by atoms with Gasteiger partial charge in [0, 0.05) is 5.56 Å². The van der Waals surface area contributed by atoms with E-state index in [-0.39, 0.29) is 12.2 Å². The first-order valence-corrected chi connectivity index (χ1v) is 9.04. The summed E-state index contributed by atoms with van der Waals surface area (Å²) < 4.78 is 17.1. The Morgan fingerprint density at radius 3 is 2.30 bits per heavy atom. The molecule has 6 heteroatoms. The largest absolute Gasteiger partial charge is 0.487 e. The van der Waals surface area contributed by atoms with Crippen molar-refractivity contribution in [3.63, 3.8) is 0 Å². The monoisotopic (exact) mass is 390 g/mol. The molecule has 0 amide bonds. The number of aldehydes is 1. The summed E-state index contributed by atoms with van der Waals surface area (Å²) in [5.74, 6) is 0.819. The SMILES string of the molecule is Cc1cc(C(=O)OC(C)C)cc(OC(C)C)c1Oc1ccc(C=O)cc1Cl. The molecule has 2 aromatic rings. The van der Waals surface area contributed by atoms with Crippen molar-refractivity contribution in [3.05, 3.63) is 52.0 Å². The van der Waals surface area contributed by atoms with E-state index in [1.54, 1.807) is 38.1 Å². The minimum absolute atomic E-state index is 0.129. The first kappa shape index (κ1) is 20.8. The first-order chi connectivity index (χ1) is 12.7. The molecule has 0 saturated heterocycles. The Balaban J connectivity index is 2.45. The molecule has 0 unspecified atom stereocenters. The molecule has 0 bridgehead atoms. The molecule has 0 spiro atoms. The van der Waals surface area contributed by atoms with Crippen LogP contribution in [-0.4, -0.2) is 24.5 Å². The van der Waals surface area contributed by atoms with Gasteiger partial charge in [0.1, 0.15) is 12.0 Å². The summed E-state index contributed by atoms with van der Waals surface area (Å²) in [5, 5.41) is 0.304. The van der Waals surface area contributed by atoms with E-state index in [2.05, 4.69) is 0 Å². The molecule has 0 aliphatic heterocycles. The third kappa shape index (κ3) is 5.47. The summed E-state index contributed by atoms with van der Waals surface area (Å²) in [6.07, 6.45) is 0.359. The lowest BCUT2D eigenvalue weighted by molar-refractivity contribution is 0.0377. The number of benzene rings is 2. The Labute approximate surface area is 164 Å². The maximum absolute atomic E-state index is 12.3. The molecule has 0 N–H and O–H groups in total. The normalized spacial score (nSPS) is 10.8. The number of rotatable bonds is 7. The summed E-state index contributed by atoms with van der Waals surface area (Å²) in [5.41, 5.74) is 1.53. The van der Waals surface area contributed by atoms with Crippen molar-refractivity contribution in [2.24, 2.45) is 0 Å². The molecule has 0 aliphatic carbocycles. The molecule has 2 rings (SSSR count). The summed E-state index contributed by atoms with van der Waals surface area (Å²) in [6, 6.07) is 8.03. The van der Waals surface area contributed by atoms with Gasteiger partial charge >= 0.3 is 5.97 Å². The molecule has 0 heterocycles. The van der Waals surface area contributed by atoms with Crippen molar-refractivity contribution in [2.75, 3.05) is 0 Å². The molecule has 5 nitrogen and oxygen atoms in total. The van der Waals surface area contributed by atoms with Crippen molar-refractivity contribution in [3.8, 4) is 17.2 Å².